The van der Waals surface area contributed by atoms with E-state index in [1.165, 1.54) is 42.5 Å². The van der Waals surface area contributed by atoms with Gasteiger partial charge in [0, 0.05) is 38.3 Å². The molecule has 1 N–H and O–H groups in total. The fraction of sp³-hybridized carbons (Fsp3) is 0.364. The monoisotopic (exact) mass is 461 g/mol. The summed E-state index contributed by atoms with van der Waals surface area (Å²) in [6, 6.07) is 11.1. The summed E-state index contributed by atoms with van der Waals surface area (Å²) in [7, 11) is -4.08. The summed E-state index contributed by atoms with van der Waals surface area (Å²) in [6.07, 6.45) is 1.21. The highest BCUT2D eigenvalue weighted by molar-refractivity contribution is 7.92. The second-order valence-corrected chi connectivity index (χ2v) is 9.41. The van der Waals surface area contributed by atoms with Crippen molar-refractivity contribution in [3.05, 3.63) is 59.9 Å². The molecule has 2 saturated heterocycles. The van der Waals surface area contributed by atoms with E-state index in [9.17, 15) is 22.4 Å². The topological polar surface area (TPSA) is 96.0 Å². The van der Waals surface area contributed by atoms with Gasteiger partial charge in [0.05, 0.1) is 10.6 Å². The number of para-hydroxylation sites is 1. The van der Waals surface area contributed by atoms with Crippen molar-refractivity contribution in [2.75, 3.05) is 37.5 Å². The number of amides is 2. The van der Waals surface area contributed by atoms with Gasteiger partial charge in [-0.3, -0.25) is 14.3 Å². The lowest BCUT2D eigenvalue weighted by molar-refractivity contribution is -0.142. The van der Waals surface area contributed by atoms with Gasteiger partial charge in [-0.1, -0.05) is 18.2 Å². The van der Waals surface area contributed by atoms with E-state index in [1.807, 2.05) is 0 Å². The van der Waals surface area contributed by atoms with Crippen LogP contribution in [0.15, 0.2) is 53.4 Å². The van der Waals surface area contributed by atoms with Crippen LogP contribution >= 0.6 is 0 Å². The van der Waals surface area contributed by atoms with Crippen molar-refractivity contribution in [2.24, 2.45) is 0 Å². The summed E-state index contributed by atoms with van der Waals surface area (Å²) in [5.41, 5.74) is 0.0385. The molecule has 1 atom stereocenters. The van der Waals surface area contributed by atoms with Gasteiger partial charge in [-0.2, -0.15) is 0 Å². The third-order valence-electron chi connectivity index (χ3n) is 5.59. The molecule has 0 aliphatic carbocycles. The Labute approximate surface area is 186 Å². The predicted molar refractivity (Wildman–Crippen MR) is 115 cm³/mol. The van der Waals surface area contributed by atoms with E-state index in [0.29, 0.717) is 32.8 Å². The standard InChI is InChI=1S/C22H24FN3O5S/c23-18-7-1-2-8-19(18)24-32(29,30)17-6-3-5-16(15-17)21(27)25-10-12-26(13-11-25)22(28)20-9-4-14-31-20/h1-3,5-8,15,20,24H,4,9-14H2. The fourth-order valence-electron chi connectivity index (χ4n) is 3.83. The number of nitrogens with one attached hydrogen (secondary N) is 1. The number of benzene rings is 2. The molecule has 0 radical (unpaired) electrons. The van der Waals surface area contributed by atoms with Crippen LogP contribution in [-0.4, -0.2) is 68.9 Å². The van der Waals surface area contributed by atoms with Crippen molar-refractivity contribution < 1.29 is 27.1 Å². The highest BCUT2D eigenvalue weighted by Crippen LogP contribution is 2.21. The number of ether oxygens (including phenoxy) is 1. The van der Waals surface area contributed by atoms with E-state index in [-0.39, 0.29) is 34.1 Å². The quantitative estimate of drug-likeness (QED) is 0.736. The van der Waals surface area contributed by atoms with E-state index in [1.54, 1.807) is 9.80 Å². The molecule has 0 bridgehead atoms. The zero-order valence-corrected chi connectivity index (χ0v) is 18.2. The first kappa shape index (κ1) is 22.2. The Morgan fingerprint density at radius 3 is 2.41 bits per heavy atom. The normalized spacial score (nSPS) is 19.1. The zero-order chi connectivity index (χ0) is 22.7. The van der Waals surface area contributed by atoms with Crippen molar-refractivity contribution in [1.82, 2.24) is 9.80 Å². The molecule has 4 rings (SSSR count). The summed E-state index contributed by atoms with van der Waals surface area (Å²) in [5.74, 6) is -1.06. The van der Waals surface area contributed by atoms with Crippen LogP contribution in [0.2, 0.25) is 0 Å². The van der Waals surface area contributed by atoms with Crippen LogP contribution in [0.4, 0.5) is 10.1 Å². The second-order valence-electron chi connectivity index (χ2n) is 7.73. The molecule has 0 aromatic heterocycles. The van der Waals surface area contributed by atoms with Crippen LogP contribution in [0, 0.1) is 5.82 Å². The molecule has 8 nitrogen and oxygen atoms in total. The van der Waals surface area contributed by atoms with Gasteiger partial charge in [0.1, 0.15) is 11.9 Å². The minimum atomic E-state index is -4.08. The molecule has 1 unspecified atom stereocenters. The lowest BCUT2D eigenvalue weighted by Gasteiger charge is -2.35. The predicted octanol–water partition coefficient (Wildman–Crippen LogP) is 2.09. The largest absolute Gasteiger partial charge is 0.368 e. The van der Waals surface area contributed by atoms with E-state index in [2.05, 4.69) is 4.72 Å². The molecule has 2 aliphatic heterocycles. The Morgan fingerprint density at radius 1 is 1.00 bits per heavy atom. The van der Waals surface area contributed by atoms with Crippen molar-refractivity contribution >= 4 is 27.5 Å². The van der Waals surface area contributed by atoms with E-state index in [0.717, 1.165) is 18.9 Å². The Morgan fingerprint density at radius 2 is 1.72 bits per heavy atom. The Bertz CT molecular complexity index is 1110. The van der Waals surface area contributed by atoms with E-state index >= 15 is 0 Å². The highest BCUT2D eigenvalue weighted by atomic mass is 32.2. The van der Waals surface area contributed by atoms with Gasteiger partial charge < -0.3 is 14.5 Å². The van der Waals surface area contributed by atoms with Crippen molar-refractivity contribution in [3.8, 4) is 0 Å². The molecule has 2 aromatic rings. The van der Waals surface area contributed by atoms with E-state index in [4.69, 9.17) is 4.74 Å². The highest BCUT2D eigenvalue weighted by Gasteiger charge is 2.31. The summed E-state index contributed by atoms with van der Waals surface area (Å²) < 4.78 is 46.9. The Hall–Kier alpha value is -2.98. The summed E-state index contributed by atoms with van der Waals surface area (Å²) in [5, 5.41) is 0. The molecule has 170 valence electrons. The first-order chi connectivity index (χ1) is 15.3. The van der Waals surface area contributed by atoms with Gasteiger partial charge in [-0.15, -0.1) is 0 Å². The maximum Gasteiger partial charge on any atom is 0.262 e. The molecule has 2 amide bonds. The number of carbonyl (C=O) groups excluding carboxylic acids is 2. The first-order valence-electron chi connectivity index (χ1n) is 10.4. The Kier molecular flexibility index (Phi) is 6.43. The van der Waals surface area contributed by atoms with Gasteiger partial charge in [0.2, 0.25) is 0 Å². The number of hydrogen-bond donors (Lipinski definition) is 1. The molecule has 0 saturated carbocycles. The molecule has 2 fully saturated rings. The molecule has 2 heterocycles. The third kappa shape index (κ3) is 4.76. The maximum atomic E-state index is 13.8. The lowest BCUT2D eigenvalue weighted by atomic mass is 10.1. The van der Waals surface area contributed by atoms with Gasteiger partial charge in [0.15, 0.2) is 0 Å². The summed E-state index contributed by atoms with van der Waals surface area (Å²) >= 11 is 0. The SMILES string of the molecule is O=C(c1cccc(S(=O)(=O)Nc2ccccc2F)c1)N1CCN(C(=O)C2CCCO2)CC1. The second kappa shape index (κ2) is 9.25. The molecule has 0 spiro atoms. The fourth-order valence-corrected chi connectivity index (χ4v) is 4.95. The Balaban J connectivity index is 1.42. The summed E-state index contributed by atoms with van der Waals surface area (Å²) in [4.78, 5) is 28.6. The molecule has 10 heteroatoms. The summed E-state index contributed by atoms with van der Waals surface area (Å²) in [6.45, 7) is 2.10. The molecular weight excluding hydrogens is 437 g/mol. The van der Waals surface area contributed by atoms with Crippen LogP contribution in [0.25, 0.3) is 0 Å². The number of nitrogens with zero attached hydrogens (tertiary/aromatic N) is 2. The maximum absolute atomic E-state index is 13.8. The van der Waals surface area contributed by atoms with Gasteiger partial charge in [0.25, 0.3) is 21.8 Å². The average molecular weight is 462 g/mol. The molecule has 32 heavy (non-hydrogen) atoms. The van der Waals surface area contributed by atoms with Gasteiger partial charge in [-0.05, 0) is 43.2 Å². The molecule has 2 aromatic carbocycles. The zero-order valence-electron chi connectivity index (χ0n) is 17.4. The first-order valence-corrected chi connectivity index (χ1v) is 11.9. The smallest absolute Gasteiger partial charge is 0.262 e. The van der Waals surface area contributed by atoms with Gasteiger partial charge in [-0.25, -0.2) is 12.8 Å². The van der Waals surface area contributed by atoms with Crippen LogP contribution in [0.3, 0.4) is 0 Å². The number of piperazine rings is 1. The molecular formula is C22H24FN3O5S. The molecule has 2 aliphatic rings. The van der Waals surface area contributed by atoms with Crippen LogP contribution in [0.1, 0.15) is 23.2 Å². The van der Waals surface area contributed by atoms with Crippen LogP contribution in [0.5, 0.6) is 0 Å². The van der Waals surface area contributed by atoms with Gasteiger partial charge >= 0.3 is 0 Å². The van der Waals surface area contributed by atoms with Crippen molar-refractivity contribution in [3.63, 3.8) is 0 Å². The minimum Gasteiger partial charge on any atom is -0.368 e. The van der Waals surface area contributed by atoms with Crippen molar-refractivity contribution in [1.29, 1.82) is 0 Å². The number of rotatable bonds is 5. The number of sulfonamides is 1. The lowest BCUT2D eigenvalue weighted by Crippen LogP contribution is -2.52. The van der Waals surface area contributed by atoms with Crippen molar-refractivity contribution in [2.45, 2.75) is 23.8 Å². The van der Waals surface area contributed by atoms with E-state index < -0.39 is 15.8 Å². The third-order valence-corrected chi connectivity index (χ3v) is 6.96. The number of halogens is 1. The van der Waals surface area contributed by atoms with Crippen LogP contribution in [-0.2, 0) is 19.6 Å². The number of carbonyl (C=O) groups is 2. The number of hydrogen-bond acceptors (Lipinski definition) is 5. The average Bonchev–Trinajstić information content (AvgIpc) is 3.35. The minimum absolute atomic E-state index is 0.0399. The number of anilines is 1. The van der Waals surface area contributed by atoms with Crippen LogP contribution < -0.4 is 4.72 Å².